The first-order valence-electron chi connectivity index (χ1n) is 9.52. The fraction of sp³-hybridized carbons (Fsp3) is 0.476. The number of para-hydroxylation sites is 2. The number of carbonyl (C=O) groups excluding carboxylic acids is 3. The molecule has 2 saturated carbocycles. The van der Waals surface area contributed by atoms with E-state index in [1.54, 1.807) is 25.1 Å². The average molecular weight is 366 g/mol. The molecule has 6 nitrogen and oxygen atoms in total. The minimum atomic E-state index is -0.851. The van der Waals surface area contributed by atoms with Crippen molar-refractivity contribution in [2.24, 2.45) is 35.5 Å². The highest BCUT2D eigenvalue weighted by molar-refractivity contribution is 6.10. The Morgan fingerprint density at radius 2 is 1.70 bits per heavy atom. The average Bonchev–Trinajstić information content (AvgIpc) is 3.45. The summed E-state index contributed by atoms with van der Waals surface area (Å²) in [6, 6.07) is 6.23. The van der Waals surface area contributed by atoms with Crippen LogP contribution in [-0.2, 0) is 14.4 Å². The van der Waals surface area contributed by atoms with E-state index < -0.39 is 6.04 Å². The van der Waals surface area contributed by atoms with Gasteiger partial charge in [0.15, 0.2) is 0 Å². The minimum absolute atomic E-state index is 0.163. The molecule has 1 N–H and O–H groups in total. The second-order valence-corrected chi connectivity index (χ2v) is 8.07. The van der Waals surface area contributed by atoms with Gasteiger partial charge in [0.1, 0.15) is 11.8 Å². The first-order valence-corrected chi connectivity index (χ1v) is 9.52. The molecule has 0 radical (unpaired) electrons. The van der Waals surface area contributed by atoms with E-state index in [1.807, 2.05) is 6.07 Å². The molecule has 7 atom stereocenters. The molecular formula is C21H22N2O4. The Kier molecular flexibility index (Phi) is 3.48. The summed E-state index contributed by atoms with van der Waals surface area (Å²) in [7, 11) is 1.53. The van der Waals surface area contributed by atoms with Crippen molar-refractivity contribution >= 4 is 23.4 Å². The molecule has 1 aromatic carbocycles. The second kappa shape index (κ2) is 5.68. The molecule has 3 amide bonds. The van der Waals surface area contributed by atoms with Crippen LogP contribution in [0.25, 0.3) is 0 Å². The second-order valence-electron chi connectivity index (χ2n) is 8.07. The number of hydrogen-bond acceptors (Lipinski definition) is 4. The predicted octanol–water partition coefficient (Wildman–Crippen LogP) is 2.08. The van der Waals surface area contributed by atoms with Crippen molar-refractivity contribution in [3.63, 3.8) is 0 Å². The molecule has 3 fully saturated rings. The first kappa shape index (κ1) is 16.5. The Morgan fingerprint density at radius 1 is 1.11 bits per heavy atom. The highest BCUT2D eigenvalue weighted by Gasteiger charge is 2.67. The number of carbonyl (C=O) groups is 3. The van der Waals surface area contributed by atoms with Gasteiger partial charge >= 0.3 is 0 Å². The third-order valence-electron chi connectivity index (χ3n) is 6.83. The topological polar surface area (TPSA) is 75.7 Å². The number of methoxy groups -OCH3 is 1. The first-order chi connectivity index (χ1) is 13.0. The van der Waals surface area contributed by atoms with Gasteiger partial charge in [-0.25, -0.2) is 0 Å². The summed E-state index contributed by atoms with van der Waals surface area (Å²) in [6.07, 6.45) is 5.39. The molecule has 1 aromatic rings. The molecular weight excluding hydrogens is 344 g/mol. The van der Waals surface area contributed by atoms with Gasteiger partial charge in [-0.05, 0) is 49.1 Å². The number of benzene rings is 1. The molecule has 140 valence electrons. The van der Waals surface area contributed by atoms with Gasteiger partial charge in [0.05, 0.1) is 24.6 Å². The van der Waals surface area contributed by atoms with Gasteiger partial charge in [0.2, 0.25) is 17.7 Å². The van der Waals surface area contributed by atoms with Crippen molar-refractivity contribution in [2.45, 2.75) is 19.4 Å². The summed E-state index contributed by atoms with van der Waals surface area (Å²) in [5.41, 5.74) is 0.524. The van der Waals surface area contributed by atoms with Crippen LogP contribution in [-0.4, -0.2) is 35.8 Å². The molecule has 0 aromatic heterocycles. The lowest BCUT2D eigenvalue weighted by Crippen LogP contribution is -2.46. The number of nitrogens with zero attached hydrogens (tertiary/aromatic N) is 1. The standard InChI is InChI=1S/C21H22N2O4/c1-10(19(24)22-15-5-3-4-6-16(15)27-2)23-20(25)17-11-7-8-12(14-9-13(11)14)18(17)21(23)26/h3-8,10-14,17-18H,9H2,1-2H3,(H,22,24)/t10-,11-,12-,13-,14+,17-,18+/m0/s1. The third-order valence-corrected chi connectivity index (χ3v) is 6.83. The molecule has 6 heteroatoms. The fourth-order valence-corrected chi connectivity index (χ4v) is 5.46. The van der Waals surface area contributed by atoms with Crippen LogP contribution < -0.4 is 10.1 Å². The van der Waals surface area contributed by atoms with Crippen molar-refractivity contribution in [3.8, 4) is 5.75 Å². The van der Waals surface area contributed by atoms with E-state index in [-0.39, 0.29) is 41.4 Å². The van der Waals surface area contributed by atoms with Gasteiger partial charge in [0.25, 0.3) is 0 Å². The van der Waals surface area contributed by atoms with Crippen molar-refractivity contribution in [1.82, 2.24) is 4.90 Å². The van der Waals surface area contributed by atoms with E-state index in [0.717, 1.165) is 6.42 Å². The lowest BCUT2D eigenvalue weighted by Gasteiger charge is -2.37. The summed E-state index contributed by atoms with van der Waals surface area (Å²) < 4.78 is 5.25. The zero-order valence-corrected chi connectivity index (χ0v) is 15.3. The quantitative estimate of drug-likeness (QED) is 0.654. The van der Waals surface area contributed by atoms with E-state index in [1.165, 1.54) is 12.0 Å². The van der Waals surface area contributed by atoms with Gasteiger partial charge < -0.3 is 10.1 Å². The van der Waals surface area contributed by atoms with Crippen molar-refractivity contribution in [1.29, 1.82) is 0 Å². The predicted molar refractivity (Wildman–Crippen MR) is 97.6 cm³/mol. The normalized spacial score (nSPS) is 36.3. The number of anilines is 1. The van der Waals surface area contributed by atoms with E-state index >= 15 is 0 Å². The Morgan fingerprint density at radius 3 is 2.30 bits per heavy atom. The van der Waals surface area contributed by atoms with Crippen LogP contribution in [0.4, 0.5) is 5.69 Å². The lowest BCUT2D eigenvalue weighted by molar-refractivity contribution is -0.146. The molecule has 0 spiro atoms. The molecule has 2 bridgehead atoms. The van der Waals surface area contributed by atoms with Crippen molar-refractivity contribution < 1.29 is 19.1 Å². The van der Waals surface area contributed by atoms with E-state index in [4.69, 9.17) is 4.74 Å². The fourth-order valence-electron chi connectivity index (χ4n) is 5.46. The van der Waals surface area contributed by atoms with Crippen LogP contribution in [0.3, 0.4) is 0 Å². The summed E-state index contributed by atoms with van der Waals surface area (Å²) >= 11 is 0. The molecule has 5 aliphatic rings. The zero-order valence-electron chi connectivity index (χ0n) is 15.3. The number of imide groups is 1. The van der Waals surface area contributed by atoms with Crippen molar-refractivity contribution in [2.75, 3.05) is 12.4 Å². The summed E-state index contributed by atoms with van der Waals surface area (Å²) in [5, 5.41) is 2.79. The number of rotatable bonds is 4. The molecule has 0 unspecified atom stereocenters. The number of hydrogen-bond donors (Lipinski definition) is 1. The maximum atomic E-state index is 13.1. The minimum Gasteiger partial charge on any atom is -0.495 e. The summed E-state index contributed by atoms with van der Waals surface area (Å²) in [5.74, 6) is 0.655. The van der Waals surface area contributed by atoms with Crippen molar-refractivity contribution in [3.05, 3.63) is 36.4 Å². The molecule has 6 rings (SSSR count). The largest absolute Gasteiger partial charge is 0.495 e. The molecule has 1 saturated heterocycles. The molecule has 4 aliphatic carbocycles. The van der Waals surface area contributed by atoms with E-state index in [0.29, 0.717) is 23.3 Å². The number of ether oxygens (including phenoxy) is 1. The van der Waals surface area contributed by atoms with Gasteiger partial charge in [-0.3, -0.25) is 19.3 Å². The number of nitrogens with one attached hydrogen (secondary N) is 1. The molecule has 1 heterocycles. The Hall–Kier alpha value is -2.63. The monoisotopic (exact) mass is 366 g/mol. The van der Waals surface area contributed by atoms with Crippen LogP contribution in [0.5, 0.6) is 5.75 Å². The highest BCUT2D eigenvalue weighted by Crippen LogP contribution is 2.65. The summed E-state index contributed by atoms with van der Waals surface area (Å²) in [4.78, 5) is 40.2. The van der Waals surface area contributed by atoms with Crippen LogP contribution in [0.1, 0.15) is 13.3 Å². The third kappa shape index (κ3) is 2.22. The number of allylic oxidation sites excluding steroid dienone is 2. The van der Waals surface area contributed by atoms with Crippen LogP contribution in [0.15, 0.2) is 36.4 Å². The van der Waals surface area contributed by atoms with E-state index in [9.17, 15) is 14.4 Å². The Labute approximate surface area is 157 Å². The molecule has 1 aliphatic heterocycles. The maximum Gasteiger partial charge on any atom is 0.247 e. The van der Waals surface area contributed by atoms with Gasteiger partial charge in [0, 0.05) is 0 Å². The highest BCUT2D eigenvalue weighted by atomic mass is 16.5. The Balaban J connectivity index is 1.38. The van der Waals surface area contributed by atoms with Gasteiger partial charge in [-0.1, -0.05) is 24.3 Å². The van der Waals surface area contributed by atoms with Crippen LogP contribution >= 0.6 is 0 Å². The van der Waals surface area contributed by atoms with Gasteiger partial charge in [-0.2, -0.15) is 0 Å². The SMILES string of the molecule is COc1ccccc1NC(=O)[C@H](C)N1C(=O)[C@@H]2[C@H]3C=C[C@@H]([C@@H]4C[C@H]34)[C@@H]2C1=O. The zero-order chi connectivity index (χ0) is 18.9. The lowest BCUT2D eigenvalue weighted by atomic mass is 9.63. The maximum absolute atomic E-state index is 13.1. The molecule has 27 heavy (non-hydrogen) atoms. The summed E-state index contributed by atoms with van der Waals surface area (Å²) in [6.45, 7) is 1.62. The Bertz CT molecular complexity index is 843. The smallest absolute Gasteiger partial charge is 0.247 e. The van der Waals surface area contributed by atoms with Crippen LogP contribution in [0, 0.1) is 35.5 Å². The van der Waals surface area contributed by atoms with Gasteiger partial charge in [-0.15, -0.1) is 0 Å². The van der Waals surface area contributed by atoms with Crippen LogP contribution in [0.2, 0.25) is 0 Å². The number of likely N-dealkylation sites (tertiary alicyclic amines) is 1. The number of amides is 3. The van der Waals surface area contributed by atoms with E-state index in [2.05, 4.69) is 17.5 Å².